The number of imide groups is 1. The van der Waals surface area contributed by atoms with Crippen LogP contribution >= 0.6 is 0 Å². The second-order valence-electron chi connectivity index (χ2n) is 4.22. The van der Waals surface area contributed by atoms with Crippen LogP contribution in [0.1, 0.15) is 18.4 Å². The maximum atomic E-state index is 11.6. The fourth-order valence-electron chi connectivity index (χ4n) is 2.04. The summed E-state index contributed by atoms with van der Waals surface area (Å²) in [5.74, 6) is -0.475. The predicted octanol–water partition coefficient (Wildman–Crippen LogP) is 1.29. The van der Waals surface area contributed by atoms with Crippen molar-refractivity contribution in [2.75, 3.05) is 12.4 Å². The van der Waals surface area contributed by atoms with Gasteiger partial charge >= 0.3 is 0 Å². The SMILES string of the molecule is CNc1ccc([N+](=O)[O-])cc1CN1C(=O)CCC1=O. The molecule has 0 atom stereocenters. The number of nitrogens with zero attached hydrogens (tertiary/aromatic N) is 2. The van der Waals surface area contributed by atoms with E-state index in [0.717, 1.165) is 4.90 Å². The van der Waals surface area contributed by atoms with Crippen LogP contribution in [0.25, 0.3) is 0 Å². The summed E-state index contributed by atoms with van der Waals surface area (Å²) in [7, 11) is 1.68. The van der Waals surface area contributed by atoms with Gasteiger partial charge in [-0.05, 0) is 6.07 Å². The summed E-state index contributed by atoms with van der Waals surface area (Å²) >= 11 is 0. The molecule has 0 aliphatic carbocycles. The standard InChI is InChI=1S/C12H13N3O4/c1-13-10-3-2-9(15(18)19)6-8(10)7-14-11(16)4-5-12(14)17/h2-3,6,13H,4-5,7H2,1H3. The lowest BCUT2D eigenvalue weighted by Crippen LogP contribution is -2.28. The average Bonchev–Trinajstić information content (AvgIpc) is 2.70. The normalized spacial score (nSPS) is 14.9. The molecule has 1 N–H and O–H groups in total. The number of carbonyl (C=O) groups excluding carboxylic acids is 2. The van der Waals surface area contributed by atoms with E-state index in [0.29, 0.717) is 11.3 Å². The van der Waals surface area contributed by atoms with E-state index in [1.165, 1.54) is 12.1 Å². The molecule has 1 saturated heterocycles. The number of nitrogens with one attached hydrogen (secondary N) is 1. The highest BCUT2D eigenvalue weighted by atomic mass is 16.6. The Morgan fingerprint density at radius 3 is 2.47 bits per heavy atom. The van der Waals surface area contributed by atoms with Crippen LogP contribution < -0.4 is 5.32 Å². The number of hydrogen-bond acceptors (Lipinski definition) is 5. The van der Waals surface area contributed by atoms with Gasteiger partial charge in [-0.25, -0.2) is 0 Å². The molecule has 1 heterocycles. The van der Waals surface area contributed by atoms with Crippen molar-refractivity contribution in [1.29, 1.82) is 0 Å². The molecular formula is C12H13N3O4. The van der Waals surface area contributed by atoms with Gasteiger partial charge in [0, 0.05) is 43.3 Å². The molecule has 2 rings (SSSR count). The molecule has 0 aromatic heterocycles. The molecule has 0 spiro atoms. The number of benzene rings is 1. The predicted molar refractivity (Wildman–Crippen MR) is 67.4 cm³/mol. The van der Waals surface area contributed by atoms with E-state index < -0.39 is 4.92 Å². The first-order valence-corrected chi connectivity index (χ1v) is 5.81. The van der Waals surface area contributed by atoms with Gasteiger partial charge in [-0.2, -0.15) is 0 Å². The van der Waals surface area contributed by atoms with Crippen molar-refractivity contribution < 1.29 is 14.5 Å². The van der Waals surface area contributed by atoms with Crippen molar-refractivity contribution in [3.8, 4) is 0 Å². The Morgan fingerprint density at radius 2 is 1.95 bits per heavy atom. The van der Waals surface area contributed by atoms with Crippen LogP contribution in [-0.2, 0) is 16.1 Å². The maximum Gasteiger partial charge on any atom is 0.269 e. The second-order valence-corrected chi connectivity index (χ2v) is 4.22. The fourth-order valence-corrected chi connectivity index (χ4v) is 2.04. The third-order valence-electron chi connectivity index (χ3n) is 3.05. The largest absolute Gasteiger partial charge is 0.388 e. The highest BCUT2D eigenvalue weighted by molar-refractivity contribution is 6.01. The van der Waals surface area contributed by atoms with Crippen molar-refractivity contribution in [2.24, 2.45) is 0 Å². The Balaban J connectivity index is 2.32. The molecule has 7 nitrogen and oxygen atoms in total. The fraction of sp³-hybridized carbons (Fsp3) is 0.333. The Bertz CT molecular complexity index is 540. The molecule has 0 radical (unpaired) electrons. The van der Waals surface area contributed by atoms with Crippen LogP contribution in [0.5, 0.6) is 0 Å². The van der Waals surface area contributed by atoms with Crippen molar-refractivity contribution in [1.82, 2.24) is 4.90 Å². The molecule has 1 aromatic carbocycles. The summed E-state index contributed by atoms with van der Waals surface area (Å²) in [5, 5.41) is 13.6. The summed E-state index contributed by atoms with van der Waals surface area (Å²) in [5.41, 5.74) is 1.16. The molecule has 1 aliphatic rings. The van der Waals surface area contributed by atoms with Gasteiger partial charge in [0.2, 0.25) is 11.8 Å². The number of non-ortho nitro benzene ring substituents is 1. The number of amides is 2. The van der Waals surface area contributed by atoms with Crippen LogP contribution in [0.2, 0.25) is 0 Å². The van der Waals surface area contributed by atoms with Crippen molar-refractivity contribution in [3.63, 3.8) is 0 Å². The van der Waals surface area contributed by atoms with Crippen LogP contribution in [0.4, 0.5) is 11.4 Å². The first-order chi connectivity index (χ1) is 9.02. The first-order valence-electron chi connectivity index (χ1n) is 5.81. The van der Waals surface area contributed by atoms with E-state index in [4.69, 9.17) is 0 Å². The van der Waals surface area contributed by atoms with Crippen molar-refractivity contribution in [3.05, 3.63) is 33.9 Å². The number of carbonyl (C=O) groups is 2. The molecule has 0 saturated carbocycles. The highest BCUT2D eigenvalue weighted by Gasteiger charge is 2.29. The minimum atomic E-state index is -0.503. The third-order valence-corrected chi connectivity index (χ3v) is 3.05. The van der Waals surface area contributed by atoms with Crippen LogP contribution in [-0.4, -0.2) is 28.7 Å². The first kappa shape index (κ1) is 13.0. The van der Waals surface area contributed by atoms with Gasteiger partial charge in [-0.3, -0.25) is 24.6 Å². The van der Waals surface area contributed by atoms with E-state index in [1.807, 2.05) is 0 Å². The van der Waals surface area contributed by atoms with Gasteiger partial charge in [0.05, 0.1) is 11.5 Å². The number of nitro groups is 1. The monoisotopic (exact) mass is 263 g/mol. The lowest BCUT2D eigenvalue weighted by Gasteiger charge is -2.16. The zero-order valence-electron chi connectivity index (χ0n) is 10.4. The smallest absolute Gasteiger partial charge is 0.269 e. The maximum absolute atomic E-state index is 11.6. The van der Waals surface area contributed by atoms with Gasteiger partial charge in [-0.15, -0.1) is 0 Å². The lowest BCUT2D eigenvalue weighted by molar-refractivity contribution is -0.384. The molecule has 1 aliphatic heterocycles. The molecular weight excluding hydrogens is 250 g/mol. The van der Waals surface area contributed by atoms with E-state index in [2.05, 4.69) is 5.32 Å². The summed E-state index contributed by atoms with van der Waals surface area (Å²) in [6.07, 6.45) is 0.422. The summed E-state index contributed by atoms with van der Waals surface area (Å²) in [6, 6.07) is 4.33. The van der Waals surface area contributed by atoms with Gasteiger partial charge in [0.1, 0.15) is 0 Å². The van der Waals surface area contributed by atoms with Gasteiger partial charge in [0.25, 0.3) is 5.69 Å². The molecule has 0 unspecified atom stereocenters. The minimum absolute atomic E-state index is 0.0619. The molecule has 0 bridgehead atoms. The van der Waals surface area contributed by atoms with Gasteiger partial charge < -0.3 is 5.32 Å². The van der Waals surface area contributed by atoms with Gasteiger partial charge in [0.15, 0.2) is 0 Å². The van der Waals surface area contributed by atoms with Crippen molar-refractivity contribution >= 4 is 23.2 Å². The Kier molecular flexibility index (Phi) is 3.46. The molecule has 1 aromatic rings. The number of hydrogen-bond donors (Lipinski definition) is 1. The van der Waals surface area contributed by atoms with Crippen molar-refractivity contribution in [2.45, 2.75) is 19.4 Å². The number of anilines is 1. The quantitative estimate of drug-likeness (QED) is 0.502. The number of rotatable bonds is 4. The van der Waals surface area contributed by atoms with E-state index in [9.17, 15) is 19.7 Å². The zero-order valence-corrected chi connectivity index (χ0v) is 10.4. The molecule has 100 valence electrons. The van der Waals surface area contributed by atoms with Crippen LogP contribution in [0, 0.1) is 10.1 Å². The zero-order chi connectivity index (χ0) is 14.0. The molecule has 7 heteroatoms. The molecule has 1 fully saturated rings. The summed E-state index contributed by atoms with van der Waals surface area (Å²) in [4.78, 5) is 34.5. The Labute approximate surface area is 109 Å². The lowest BCUT2D eigenvalue weighted by atomic mass is 10.1. The number of nitro benzene ring substituents is 1. The van der Waals surface area contributed by atoms with E-state index in [1.54, 1.807) is 13.1 Å². The topological polar surface area (TPSA) is 92.6 Å². The summed E-state index contributed by atoms with van der Waals surface area (Å²) in [6.45, 7) is 0.0650. The van der Waals surface area contributed by atoms with Crippen LogP contribution in [0.3, 0.4) is 0 Å². The second kappa shape index (κ2) is 5.05. The highest BCUT2D eigenvalue weighted by Crippen LogP contribution is 2.25. The minimum Gasteiger partial charge on any atom is -0.388 e. The van der Waals surface area contributed by atoms with E-state index >= 15 is 0 Å². The average molecular weight is 263 g/mol. The Hall–Kier alpha value is -2.44. The van der Waals surface area contributed by atoms with Crippen LogP contribution in [0.15, 0.2) is 18.2 Å². The van der Waals surface area contributed by atoms with Gasteiger partial charge in [-0.1, -0.05) is 0 Å². The Morgan fingerprint density at radius 1 is 1.32 bits per heavy atom. The van der Waals surface area contributed by atoms with E-state index in [-0.39, 0.29) is 36.9 Å². The molecule has 19 heavy (non-hydrogen) atoms. The number of likely N-dealkylation sites (tertiary alicyclic amines) is 1. The third kappa shape index (κ3) is 2.54. The summed E-state index contributed by atoms with van der Waals surface area (Å²) < 4.78 is 0. The molecule has 2 amide bonds.